The number of amides is 4. The monoisotopic (exact) mass is 458 g/mol. The number of fused-ring (bicyclic) bond motifs is 2. The van der Waals surface area contributed by atoms with Crippen LogP contribution in [0.25, 0.3) is 0 Å². The molecule has 0 unspecified atom stereocenters. The number of piperazine rings is 2. The van der Waals surface area contributed by atoms with Gasteiger partial charge in [0.2, 0.25) is 11.8 Å². The van der Waals surface area contributed by atoms with Crippen LogP contribution in [-0.4, -0.2) is 83.0 Å². The van der Waals surface area contributed by atoms with Gasteiger partial charge in [-0.25, -0.2) is 9.18 Å². The van der Waals surface area contributed by atoms with E-state index in [0.29, 0.717) is 32.7 Å². The van der Waals surface area contributed by atoms with Crippen LogP contribution >= 0.6 is 0 Å². The number of ether oxygens (including phenoxy) is 1. The van der Waals surface area contributed by atoms with Gasteiger partial charge in [0.1, 0.15) is 17.9 Å². The van der Waals surface area contributed by atoms with Gasteiger partial charge in [0.25, 0.3) is 0 Å². The minimum absolute atomic E-state index is 0.0557. The molecule has 9 heteroatoms. The number of halogens is 1. The Morgan fingerprint density at radius 3 is 2.45 bits per heavy atom. The van der Waals surface area contributed by atoms with Crippen molar-refractivity contribution in [1.29, 1.82) is 0 Å². The highest BCUT2D eigenvalue weighted by molar-refractivity contribution is 5.98. The smallest absolute Gasteiger partial charge is 0.317 e. The summed E-state index contributed by atoms with van der Waals surface area (Å²) in [4.78, 5) is 44.2. The topological polar surface area (TPSA) is 82.2 Å². The van der Waals surface area contributed by atoms with Crippen LogP contribution in [0.1, 0.15) is 44.1 Å². The lowest BCUT2D eigenvalue weighted by Crippen LogP contribution is -2.69. The van der Waals surface area contributed by atoms with Gasteiger partial charge in [-0.05, 0) is 30.5 Å². The summed E-state index contributed by atoms with van der Waals surface area (Å²) < 4.78 is 19.1. The predicted molar refractivity (Wildman–Crippen MR) is 118 cm³/mol. The zero-order valence-corrected chi connectivity index (χ0v) is 18.7. The highest BCUT2D eigenvalue weighted by atomic mass is 19.1. The Balaban J connectivity index is 1.19. The van der Waals surface area contributed by atoms with Crippen LogP contribution < -0.4 is 5.32 Å². The van der Waals surface area contributed by atoms with Crippen LogP contribution in [0.4, 0.5) is 9.18 Å². The molecule has 4 fully saturated rings. The van der Waals surface area contributed by atoms with Gasteiger partial charge in [-0.3, -0.25) is 9.59 Å². The van der Waals surface area contributed by atoms with Crippen molar-refractivity contribution in [3.63, 3.8) is 0 Å². The molecule has 4 amide bonds. The van der Waals surface area contributed by atoms with E-state index in [-0.39, 0.29) is 42.4 Å². The van der Waals surface area contributed by atoms with Crippen molar-refractivity contribution in [2.24, 2.45) is 0 Å². The first-order chi connectivity index (χ1) is 16.0. The Morgan fingerprint density at radius 2 is 1.70 bits per heavy atom. The van der Waals surface area contributed by atoms with Crippen molar-refractivity contribution < 1.29 is 23.5 Å². The maximum Gasteiger partial charge on any atom is 0.317 e. The Morgan fingerprint density at radius 1 is 0.970 bits per heavy atom. The number of urea groups is 1. The van der Waals surface area contributed by atoms with Crippen LogP contribution in [0.5, 0.6) is 0 Å². The molecule has 0 bridgehead atoms. The fourth-order valence-corrected chi connectivity index (χ4v) is 5.53. The first-order valence-electron chi connectivity index (χ1n) is 12.0. The van der Waals surface area contributed by atoms with Crippen molar-refractivity contribution in [3.8, 4) is 0 Å². The molecule has 178 valence electrons. The van der Waals surface area contributed by atoms with E-state index in [1.165, 1.54) is 18.6 Å². The molecule has 1 aromatic carbocycles. The van der Waals surface area contributed by atoms with Gasteiger partial charge in [-0.2, -0.15) is 0 Å². The molecule has 0 aromatic heterocycles. The number of carbonyl (C=O) groups is 3. The third-order valence-electron chi connectivity index (χ3n) is 7.40. The van der Waals surface area contributed by atoms with E-state index in [0.717, 1.165) is 31.2 Å². The Bertz CT molecular complexity index is 904. The molecule has 3 saturated heterocycles. The molecule has 1 saturated carbocycles. The van der Waals surface area contributed by atoms with Crippen molar-refractivity contribution in [1.82, 2.24) is 20.0 Å². The number of nitrogens with one attached hydrogen (secondary N) is 1. The van der Waals surface area contributed by atoms with E-state index in [4.69, 9.17) is 4.74 Å². The highest BCUT2D eigenvalue weighted by Crippen LogP contribution is 2.31. The van der Waals surface area contributed by atoms with Crippen LogP contribution in [0, 0.1) is 5.82 Å². The average molecular weight is 459 g/mol. The van der Waals surface area contributed by atoms with Crippen molar-refractivity contribution in [2.75, 3.05) is 26.2 Å². The van der Waals surface area contributed by atoms with Gasteiger partial charge in [0, 0.05) is 32.1 Å². The molecular formula is C24H31FN4O4. The number of hydrogen-bond acceptors (Lipinski definition) is 4. The lowest BCUT2D eigenvalue weighted by molar-refractivity contribution is -0.162. The normalized spacial score (nSPS) is 28.0. The number of hydrogen-bond donors (Lipinski definition) is 1. The van der Waals surface area contributed by atoms with E-state index >= 15 is 0 Å². The molecule has 0 spiro atoms. The Hall–Kier alpha value is -2.68. The molecule has 1 aromatic rings. The number of carbonyl (C=O) groups excluding carboxylic acids is 3. The summed E-state index contributed by atoms with van der Waals surface area (Å²) in [5.74, 6) is -0.464. The van der Waals surface area contributed by atoms with E-state index in [1.807, 2.05) is 0 Å². The SMILES string of the molecule is O=C(NC1CCCCC1)N1CCN2C(=O)[C@H]3C[C@H](OCc4ccc(F)cc4)CN3C(=O)[C@@H]2C1. The molecule has 3 aliphatic heterocycles. The fraction of sp³-hybridized carbons (Fsp3) is 0.625. The second-order valence-electron chi connectivity index (χ2n) is 9.58. The molecule has 33 heavy (non-hydrogen) atoms. The second-order valence-corrected chi connectivity index (χ2v) is 9.58. The highest BCUT2D eigenvalue weighted by Gasteiger charge is 2.52. The van der Waals surface area contributed by atoms with Gasteiger partial charge in [0.15, 0.2) is 0 Å². The molecule has 4 aliphatic rings. The zero-order valence-electron chi connectivity index (χ0n) is 18.7. The third kappa shape index (κ3) is 4.55. The number of rotatable bonds is 4. The summed E-state index contributed by atoms with van der Waals surface area (Å²) in [6, 6.07) is 5.04. The average Bonchev–Trinajstić information content (AvgIpc) is 3.27. The van der Waals surface area contributed by atoms with Gasteiger partial charge < -0.3 is 24.8 Å². The number of nitrogens with zero attached hydrogens (tertiary/aromatic N) is 3. The first-order valence-corrected chi connectivity index (χ1v) is 12.0. The number of benzene rings is 1. The van der Waals surface area contributed by atoms with Gasteiger partial charge in [0.05, 0.1) is 19.3 Å². The van der Waals surface area contributed by atoms with E-state index in [1.54, 1.807) is 26.8 Å². The van der Waals surface area contributed by atoms with Gasteiger partial charge in [-0.1, -0.05) is 31.4 Å². The molecule has 1 aliphatic carbocycles. The molecule has 3 atom stereocenters. The molecule has 3 heterocycles. The summed E-state index contributed by atoms with van der Waals surface area (Å²) in [5.41, 5.74) is 0.843. The maximum absolute atomic E-state index is 13.3. The van der Waals surface area contributed by atoms with Gasteiger partial charge >= 0.3 is 6.03 Å². The first kappa shape index (κ1) is 22.1. The second kappa shape index (κ2) is 9.29. The van der Waals surface area contributed by atoms with Crippen molar-refractivity contribution in [2.45, 2.75) is 69.4 Å². The quantitative estimate of drug-likeness (QED) is 0.747. The maximum atomic E-state index is 13.3. The summed E-state index contributed by atoms with van der Waals surface area (Å²) >= 11 is 0. The van der Waals surface area contributed by atoms with Crippen LogP contribution in [-0.2, 0) is 20.9 Å². The van der Waals surface area contributed by atoms with Crippen molar-refractivity contribution >= 4 is 17.8 Å². The lowest BCUT2D eigenvalue weighted by atomic mass is 9.95. The Labute approximate surface area is 193 Å². The minimum Gasteiger partial charge on any atom is -0.372 e. The zero-order chi connectivity index (χ0) is 22.9. The fourth-order valence-electron chi connectivity index (χ4n) is 5.53. The molecular weight excluding hydrogens is 427 g/mol. The molecule has 5 rings (SSSR count). The van der Waals surface area contributed by atoms with Crippen LogP contribution in [0.2, 0.25) is 0 Å². The molecule has 1 N–H and O–H groups in total. The largest absolute Gasteiger partial charge is 0.372 e. The Kier molecular flexibility index (Phi) is 6.23. The van der Waals surface area contributed by atoms with Crippen molar-refractivity contribution in [3.05, 3.63) is 35.6 Å². The standard InChI is InChI=1S/C24H31FN4O4/c25-17-8-6-16(7-9-17)15-33-19-12-20-22(30)28-11-10-27(14-21(28)23(31)29(20)13-19)24(32)26-18-4-2-1-3-5-18/h6-9,18-21H,1-5,10-15H2,(H,26,32)/t19-,20+,21-/m0/s1. The van der Waals surface area contributed by atoms with Crippen LogP contribution in [0.15, 0.2) is 24.3 Å². The summed E-state index contributed by atoms with van der Waals surface area (Å²) in [6.07, 6.45) is 5.70. The lowest BCUT2D eigenvalue weighted by Gasteiger charge is -2.47. The molecule has 0 radical (unpaired) electrons. The van der Waals surface area contributed by atoms with E-state index in [9.17, 15) is 18.8 Å². The molecule has 8 nitrogen and oxygen atoms in total. The third-order valence-corrected chi connectivity index (χ3v) is 7.40. The predicted octanol–water partition coefficient (Wildman–Crippen LogP) is 1.88. The summed E-state index contributed by atoms with van der Waals surface area (Å²) in [5, 5.41) is 3.11. The summed E-state index contributed by atoms with van der Waals surface area (Å²) in [6.45, 7) is 1.70. The van der Waals surface area contributed by atoms with E-state index < -0.39 is 12.1 Å². The van der Waals surface area contributed by atoms with Gasteiger partial charge in [-0.15, -0.1) is 0 Å². The van der Waals surface area contributed by atoms with E-state index in [2.05, 4.69) is 5.32 Å². The minimum atomic E-state index is -0.629. The van der Waals surface area contributed by atoms with Crippen LogP contribution in [0.3, 0.4) is 0 Å². The summed E-state index contributed by atoms with van der Waals surface area (Å²) in [7, 11) is 0.